The van der Waals surface area contributed by atoms with Gasteiger partial charge in [-0.1, -0.05) is 32.1 Å². The van der Waals surface area contributed by atoms with Crippen LogP contribution in [0.5, 0.6) is 5.88 Å². The number of nitrogens with zero attached hydrogens (tertiary/aromatic N) is 1. The van der Waals surface area contributed by atoms with Crippen molar-refractivity contribution in [2.45, 2.75) is 57.8 Å². The number of hydrogen-bond acceptors (Lipinski definition) is 3. The predicted molar refractivity (Wildman–Crippen MR) is 75.8 cm³/mol. The average Bonchev–Trinajstić information content (AvgIpc) is 2.43. The van der Waals surface area contributed by atoms with Crippen LogP contribution >= 0.6 is 0 Å². The van der Waals surface area contributed by atoms with Gasteiger partial charge in [-0.15, -0.1) is 0 Å². The van der Waals surface area contributed by atoms with E-state index in [1.54, 1.807) is 13.2 Å². The SMILES string of the molecule is COc1ccc2c(n1)CCCCCCCCCC2=O. The molecule has 0 aliphatic heterocycles. The van der Waals surface area contributed by atoms with E-state index in [4.69, 9.17) is 4.74 Å². The lowest BCUT2D eigenvalue weighted by molar-refractivity contribution is 0.0977. The van der Waals surface area contributed by atoms with Gasteiger partial charge in [0, 0.05) is 18.1 Å². The summed E-state index contributed by atoms with van der Waals surface area (Å²) in [5, 5.41) is 0. The zero-order chi connectivity index (χ0) is 13.5. The quantitative estimate of drug-likeness (QED) is 0.768. The maximum atomic E-state index is 12.2. The molecule has 0 bridgehead atoms. The molecule has 0 atom stereocenters. The molecule has 19 heavy (non-hydrogen) atoms. The molecule has 1 heterocycles. The molecule has 0 unspecified atom stereocenters. The van der Waals surface area contributed by atoms with Crippen LogP contribution in [0.3, 0.4) is 0 Å². The molecule has 0 spiro atoms. The van der Waals surface area contributed by atoms with Gasteiger partial charge in [0.05, 0.1) is 12.8 Å². The van der Waals surface area contributed by atoms with Gasteiger partial charge in [0.2, 0.25) is 5.88 Å². The van der Waals surface area contributed by atoms with Crippen LogP contribution < -0.4 is 4.74 Å². The molecule has 0 radical (unpaired) electrons. The van der Waals surface area contributed by atoms with Crippen molar-refractivity contribution >= 4 is 5.78 Å². The number of methoxy groups -OCH3 is 1. The molecule has 0 saturated heterocycles. The van der Waals surface area contributed by atoms with E-state index in [2.05, 4.69) is 4.98 Å². The summed E-state index contributed by atoms with van der Waals surface area (Å²) in [6.07, 6.45) is 9.92. The van der Waals surface area contributed by atoms with Gasteiger partial charge in [-0.3, -0.25) is 4.79 Å². The minimum absolute atomic E-state index is 0.241. The molecule has 0 N–H and O–H groups in total. The molecule has 0 aromatic carbocycles. The van der Waals surface area contributed by atoms with E-state index in [1.807, 2.05) is 6.07 Å². The van der Waals surface area contributed by atoms with Crippen LogP contribution in [0.15, 0.2) is 12.1 Å². The summed E-state index contributed by atoms with van der Waals surface area (Å²) in [5.74, 6) is 0.851. The number of pyridine rings is 1. The molecule has 0 fully saturated rings. The maximum absolute atomic E-state index is 12.2. The highest BCUT2D eigenvalue weighted by molar-refractivity contribution is 5.97. The van der Waals surface area contributed by atoms with Crippen LogP contribution in [0.4, 0.5) is 0 Å². The van der Waals surface area contributed by atoms with E-state index in [1.165, 1.54) is 32.1 Å². The number of aromatic nitrogens is 1. The Morgan fingerprint density at radius 2 is 1.58 bits per heavy atom. The molecule has 1 aliphatic carbocycles. The number of rotatable bonds is 1. The Kier molecular flexibility index (Phi) is 5.37. The zero-order valence-electron chi connectivity index (χ0n) is 11.8. The molecule has 2 rings (SSSR count). The summed E-state index contributed by atoms with van der Waals surface area (Å²) in [7, 11) is 1.62. The largest absolute Gasteiger partial charge is 0.481 e. The molecule has 104 valence electrons. The molecule has 0 saturated carbocycles. The highest BCUT2D eigenvalue weighted by Crippen LogP contribution is 2.20. The number of carbonyl (C=O) groups is 1. The molecule has 3 nitrogen and oxygen atoms in total. The third-order valence-electron chi connectivity index (χ3n) is 3.78. The van der Waals surface area contributed by atoms with E-state index < -0.39 is 0 Å². The molecule has 1 aromatic heterocycles. The number of ketones is 1. The van der Waals surface area contributed by atoms with Crippen molar-refractivity contribution in [1.29, 1.82) is 0 Å². The van der Waals surface area contributed by atoms with Gasteiger partial charge in [0.1, 0.15) is 0 Å². The summed E-state index contributed by atoms with van der Waals surface area (Å²) in [4.78, 5) is 16.7. The van der Waals surface area contributed by atoms with Crippen molar-refractivity contribution in [1.82, 2.24) is 4.98 Å². The van der Waals surface area contributed by atoms with Crippen LogP contribution in [0, 0.1) is 0 Å². The predicted octanol–water partition coefficient (Wildman–Crippen LogP) is 3.95. The van der Waals surface area contributed by atoms with Crippen LogP contribution in [-0.4, -0.2) is 17.9 Å². The number of fused-ring (bicyclic) bond motifs is 1. The Bertz CT molecular complexity index is 429. The minimum Gasteiger partial charge on any atom is -0.481 e. The lowest BCUT2D eigenvalue weighted by Crippen LogP contribution is -2.07. The fraction of sp³-hybridized carbons (Fsp3) is 0.625. The fourth-order valence-corrected chi connectivity index (χ4v) is 2.64. The van der Waals surface area contributed by atoms with Gasteiger partial charge in [0.15, 0.2) is 5.78 Å². The van der Waals surface area contributed by atoms with E-state index in [9.17, 15) is 4.79 Å². The summed E-state index contributed by atoms with van der Waals surface area (Å²) in [6, 6.07) is 3.68. The minimum atomic E-state index is 0.241. The first-order valence-electron chi connectivity index (χ1n) is 7.38. The Labute approximate surface area is 115 Å². The van der Waals surface area contributed by atoms with Gasteiger partial charge in [-0.05, 0) is 25.3 Å². The molecule has 1 aliphatic rings. The third-order valence-corrected chi connectivity index (χ3v) is 3.78. The third kappa shape index (κ3) is 4.05. The van der Waals surface area contributed by atoms with Crippen LogP contribution in [0.1, 0.15) is 67.4 Å². The first-order chi connectivity index (χ1) is 9.31. The summed E-state index contributed by atoms with van der Waals surface area (Å²) in [6.45, 7) is 0. The van der Waals surface area contributed by atoms with Gasteiger partial charge in [-0.2, -0.15) is 0 Å². The zero-order valence-corrected chi connectivity index (χ0v) is 11.8. The molecule has 1 aromatic rings. The molecule has 3 heteroatoms. The second kappa shape index (κ2) is 7.27. The maximum Gasteiger partial charge on any atom is 0.213 e. The number of hydrogen-bond donors (Lipinski definition) is 0. The highest BCUT2D eigenvalue weighted by Gasteiger charge is 2.14. The van der Waals surface area contributed by atoms with Crippen molar-refractivity contribution < 1.29 is 9.53 Å². The summed E-state index contributed by atoms with van der Waals surface area (Å²) >= 11 is 0. The second-order valence-electron chi connectivity index (χ2n) is 5.25. The second-order valence-corrected chi connectivity index (χ2v) is 5.25. The van der Waals surface area contributed by atoms with Gasteiger partial charge >= 0.3 is 0 Å². The Hall–Kier alpha value is -1.38. The van der Waals surface area contributed by atoms with E-state index >= 15 is 0 Å². The first-order valence-corrected chi connectivity index (χ1v) is 7.38. The lowest BCUT2D eigenvalue weighted by atomic mass is 9.97. The normalized spacial score (nSPS) is 18.1. The standard InChI is InChI=1S/C16H23NO2/c1-19-16-12-11-13-14(17-16)9-7-5-3-2-4-6-8-10-15(13)18/h11-12H,2-10H2,1H3. The molecular weight excluding hydrogens is 238 g/mol. The summed E-state index contributed by atoms with van der Waals surface area (Å²) < 4.78 is 5.17. The first kappa shape index (κ1) is 14.0. The fourth-order valence-electron chi connectivity index (χ4n) is 2.64. The van der Waals surface area contributed by atoms with Crippen molar-refractivity contribution in [3.8, 4) is 5.88 Å². The van der Waals surface area contributed by atoms with Crippen molar-refractivity contribution in [2.24, 2.45) is 0 Å². The van der Waals surface area contributed by atoms with Crippen LogP contribution in [-0.2, 0) is 6.42 Å². The molecule has 0 amide bonds. The average molecular weight is 261 g/mol. The molecular formula is C16H23NO2. The van der Waals surface area contributed by atoms with E-state index in [-0.39, 0.29) is 5.78 Å². The Morgan fingerprint density at radius 1 is 0.947 bits per heavy atom. The van der Waals surface area contributed by atoms with Gasteiger partial charge in [0.25, 0.3) is 0 Å². The highest BCUT2D eigenvalue weighted by atomic mass is 16.5. The van der Waals surface area contributed by atoms with Gasteiger partial charge < -0.3 is 4.74 Å². The van der Waals surface area contributed by atoms with Crippen LogP contribution in [0.25, 0.3) is 0 Å². The number of carbonyl (C=O) groups excluding carboxylic acids is 1. The Morgan fingerprint density at radius 3 is 2.26 bits per heavy atom. The summed E-state index contributed by atoms with van der Waals surface area (Å²) in [5.41, 5.74) is 1.73. The van der Waals surface area contributed by atoms with Crippen molar-refractivity contribution in [3.05, 3.63) is 23.4 Å². The van der Waals surface area contributed by atoms with E-state index in [0.29, 0.717) is 12.3 Å². The monoisotopic (exact) mass is 261 g/mol. The lowest BCUT2D eigenvalue weighted by Gasteiger charge is -2.11. The topological polar surface area (TPSA) is 39.2 Å². The number of Topliss-reactive ketones (excluding diaryl/α,β-unsaturated/α-hetero) is 1. The van der Waals surface area contributed by atoms with Crippen LogP contribution in [0.2, 0.25) is 0 Å². The van der Waals surface area contributed by atoms with Crippen molar-refractivity contribution in [3.63, 3.8) is 0 Å². The number of aryl methyl sites for hydroxylation is 1. The smallest absolute Gasteiger partial charge is 0.213 e. The van der Waals surface area contributed by atoms with E-state index in [0.717, 1.165) is 30.5 Å². The van der Waals surface area contributed by atoms with Crippen molar-refractivity contribution in [2.75, 3.05) is 7.11 Å². The van der Waals surface area contributed by atoms with Gasteiger partial charge in [-0.25, -0.2) is 4.98 Å². The number of ether oxygens (including phenoxy) is 1. The Balaban J connectivity index is 2.19.